The molecule has 5 N–H and O–H groups in total. The number of carbonyl (C=O) groups excluding carboxylic acids is 1. The highest BCUT2D eigenvalue weighted by Crippen LogP contribution is 2.13. The average molecular weight is 462 g/mol. The first-order valence-corrected chi connectivity index (χ1v) is 10.2. The van der Waals surface area contributed by atoms with Gasteiger partial charge in [0.05, 0.1) is 4.92 Å². The third kappa shape index (κ3) is 6.41. The molecule has 2 aromatic rings. The van der Waals surface area contributed by atoms with Crippen LogP contribution >= 0.6 is 0 Å². The number of rotatable bonds is 11. The molecule has 0 bridgehead atoms. The van der Waals surface area contributed by atoms with Crippen molar-refractivity contribution in [1.29, 1.82) is 5.41 Å². The molecule has 0 saturated carbocycles. The van der Waals surface area contributed by atoms with Crippen molar-refractivity contribution in [2.24, 2.45) is 5.73 Å². The van der Waals surface area contributed by atoms with Crippen LogP contribution in [0.25, 0.3) is 0 Å². The van der Waals surface area contributed by atoms with Crippen LogP contribution in [0.1, 0.15) is 37.3 Å². The highest BCUT2D eigenvalue weighted by molar-refractivity contribution is 5.96. The lowest BCUT2D eigenvalue weighted by molar-refractivity contribution is -0.384. The molecule has 0 fully saturated rings. The molecule has 0 unspecified atom stereocenters. The number of hydrogen-bond acceptors (Lipinski definition) is 8. The van der Waals surface area contributed by atoms with E-state index in [4.69, 9.17) is 15.9 Å². The number of nitrogens with one attached hydrogen (secondary N) is 2. The molecular formula is C20H26N6O7. The van der Waals surface area contributed by atoms with Crippen LogP contribution in [0.15, 0.2) is 33.9 Å². The maximum absolute atomic E-state index is 12.6. The zero-order valence-corrected chi connectivity index (χ0v) is 18.1. The summed E-state index contributed by atoms with van der Waals surface area (Å²) >= 11 is 0. The first-order valence-electron chi connectivity index (χ1n) is 10.2. The Labute approximate surface area is 188 Å². The van der Waals surface area contributed by atoms with Gasteiger partial charge >= 0.3 is 11.8 Å². The molecule has 1 amide bonds. The van der Waals surface area contributed by atoms with Crippen molar-refractivity contribution >= 4 is 17.6 Å². The van der Waals surface area contributed by atoms with Gasteiger partial charge in [0.15, 0.2) is 0 Å². The molecule has 0 spiro atoms. The molecule has 0 radical (unpaired) electrons. The van der Waals surface area contributed by atoms with Gasteiger partial charge in [0.1, 0.15) is 18.0 Å². The predicted molar refractivity (Wildman–Crippen MR) is 118 cm³/mol. The topological polar surface area (TPSA) is 196 Å². The number of benzene rings is 1. The number of hydrogen-bond donors (Lipinski definition) is 4. The number of nitro benzene ring substituents is 1. The van der Waals surface area contributed by atoms with Crippen molar-refractivity contribution in [1.82, 2.24) is 14.5 Å². The van der Waals surface area contributed by atoms with Crippen molar-refractivity contribution in [2.75, 3.05) is 6.54 Å². The summed E-state index contributed by atoms with van der Waals surface area (Å²) in [4.78, 5) is 47.0. The minimum Gasteiger partial charge on any atom is -0.494 e. The van der Waals surface area contributed by atoms with E-state index in [0.29, 0.717) is 12.0 Å². The predicted octanol–water partition coefficient (Wildman–Crippen LogP) is 1.02. The van der Waals surface area contributed by atoms with Crippen molar-refractivity contribution in [3.05, 3.63) is 66.3 Å². The Hall–Kier alpha value is -4.16. The zero-order valence-electron chi connectivity index (χ0n) is 18.1. The highest BCUT2D eigenvalue weighted by Gasteiger charge is 2.20. The van der Waals surface area contributed by atoms with E-state index in [9.17, 15) is 29.6 Å². The summed E-state index contributed by atoms with van der Waals surface area (Å²) in [7, 11) is 0. The fraction of sp³-hybridized carbons (Fsp3) is 0.400. The van der Waals surface area contributed by atoms with Crippen molar-refractivity contribution < 1.29 is 19.6 Å². The van der Waals surface area contributed by atoms with Crippen LogP contribution in [0, 0.1) is 15.5 Å². The minimum absolute atomic E-state index is 0.0417. The van der Waals surface area contributed by atoms with E-state index < -0.39 is 39.5 Å². The van der Waals surface area contributed by atoms with E-state index in [0.717, 1.165) is 15.6 Å². The molecule has 13 heteroatoms. The van der Waals surface area contributed by atoms with E-state index in [1.54, 1.807) is 0 Å². The molecular weight excluding hydrogens is 436 g/mol. The van der Waals surface area contributed by atoms with E-state index in [2.05, 4.69) is 5.32 Å². The number of aromatic nitrogens is 2. The lowest BCUT2D eigenvalue weighted by Gasteiger charge is -2.15. The van der Waals surface area contributed by atoms with Gasteiger partial charge in [-0.05, 0) is 30.5 Å². The summed E-state index contributed by atoms with van der Waals surface area (Å²) in [6, 6.07) is 5.55. The van der Waals surface area contributed by atoms with Crippen molar-refractivity contribution in [3.8, 4) is 5.88 Å². The van der Waals surface area contributed by atoms with Gasteiger partial charge in [-0.1, -0.05) is 13.3 Å². The quantitative estimate of drug-likeness (QED) is 0.125. The Bertz CT molecular complexity index is 1140. The molecule has 1 aromatic carbocycles. The summed E-state index contributed by atoms with van der Waals surface area (Å²) < 4.78 is 6.91. The number of nitrogens with two attached hydrogens (primary N) is 1. The maximum atomic E-state index is 12.6. The number of carbonyl (C=O) groups is 1. The normalized spacial score (nSPS) is 10.6. The number of non-ortho nitro benzene ring substituents is 1. The van der Waals surface area contributed by atoms with Gasteiger partial charge in [0.25, 0.3) is 11.2 Å². The number of amidine groups is 1. The van der Waals surface area contributed by atoms with Gasteiger partial charge in [-0.15, -0.1) is 0 Å². The van der Waals surface area contributed by atoms with Gasteiger partial charge in [-0.2, -0.15) is 0 Å². The smallest absolute Gasteiger partial charge is 0.407 e. The van der Waals surface area contributed by atoms with Crippen LogP contribution in [-0.4, -0.2) is 37.6 Å². The van der Waals surface area contributed by atoms with Crippen LogP contribution in [0.5, 0.6) is 5.88 Å². The number of nitrogen functional groups attached to an aromatic ring is 1. The van der Waals surface area contributed by atoms with E-state index in [1.807, 2.05) is 6.92 Å². The van der Waals surface area contributed by atoms with Gasteiger partial charge in [0.2, 0.25) is 5.88 Å². The van der Waals surface area contributed by atoms with Crippen molar-refractivity contribution in [2.45, 2.75) is 45.9 Å². The van der Waals surface area contributed by atoms with Crippen LogP contribution < -0.4 is 22.3 Å². The third-order valence-electron chi connectivity index (χ3n) is 4.75. The zero-order chi connectivity index (χ0) is 24.5. The summed E-state index contributed by atoms with van der Waals surface area (Å²) in [5.41, 5.74) is 3.93. The molecule has 0 aliphatic carbocycles. The molecule has 0 aliphatic heterocycles. The van der Waals surface area contributed by atoms with Gasteiger partial charge in [0, 0.05) is 31.8 Å². The largest absolute Gasteiger partial charge is 0.494 e. The Kier molecular flexibility index (Phi) is 8.72. The maximum Gasteiger partial charge on any atom is 0.407 e. The summed E-state index contributed by atoms with van der Waals surface area (Å²) in [6.45, 7) is 1.98. The molecule has 1 heterocycles. The first-order chi connectivity index (χ1) is 15.7. The number of nitro groups is 1. The number of ether oxygens (including phenoxy) is 1. The molecule has 178 valence electrons. The molecule has 33 heavy (non-hydrogen) atoms. The van der Waals surface area contributed by atoms with E-state index in [-0.39, 0.29) is 38.3 Å². The lowest BCUT2D eigenvalue weighted by Crippen LogP contribution is -2.44. The van der Waals surface area contributed by atoms with Gasteiger partial charge in [-0.25, -0.2) is 9.59 Å². The summed E-state index contributed by atoms with van der Waals surface area (Å²) in [5.74, 6) is -1.34. The SMILES string of the molecule is CCCCn1c(=O)c(C(=N)N)c(O)n(CCCNC(=O)OCc2ccc([N+](=O)[O-])cc2)c1=O. The van der Waals surface area contributed by atoms with E-state index >= 15 is 0 Å². The minimum atomic E-state index is -0.817. The Balaban J connectivity index is 1.96. The van der Waals surface area contributed by atoms with Crippen LogP contribution in [0.4, 0.5) is 10.5 Å². The molecule has 2 rings (SSSR count). The first kappa shape index (κ1) is 25.1. The second kappa shape index (κ2) is 11.5. The number of aromatic hydroxyl groups is 1. The Morgan fingerprint density at radius 2 is 1.85 bits per heavy atom. The fourth-order valence-electron chi connectivity index (χ4n) is 2.98. The molecule has 13 nitrogen and oxygen atoms in total. The van der Waals surface area contributed by atoms with Crippen LogP contribution in [0.3, 0.4) is 0 Å². The van der Waals surface area contributed by atoms with Gasteiger partial charge < -0.3 is 20.9 Å². The van der Waals surface area contributed by atoms with Crippen LogP contribution in [-0.2, 0) is 24.4 Å². The second-order valence-corrected chi connectivity index (χ2v) is 7.14. The monoisotopic (exact) mass is 462 g/mol. The molecule has 0 aliphatic rings. The molecule has 0 saturated heterocycles. The Morgan fingerprint density at radius 1 is 1.21 bits per heavy atom. The second-order valence-electron chi connectivity index (χ2n) is 7.14. The van der Waals surface area contributed by atoms with E-state index in [1.165, 1.54) is 24.3 Å². The lowest BCUT2D eigenvalue weighted by atomic mass is 10.2. The molecule has 1 aromatic heterocycles. The van der Waals surface area contributed by atoms with Gasteiger partial charge in [-0.3, -0.25) is 29.5 Å². The average Bonchev–Trinajstić information content (AvgIpc) is 2.77. The standard InChI is InChI=1S/C20H26N6O7/c1-2-3-10-24-17(27)15(16(21)22)18(28)25(20(24)30)11-4-9-23-19(29)33-12-13-5-7-14(8-6-13)26(31)32/h5-8,28H,2-4,9-12H2,1H3,(H3,21,22)(H,23,29). The van der Waals surface area contributed by atoms with Crippen molar-refractivity contribution in [3.63, 3.8) is 0 Å². The number of unbranched alkanes of at least 4 members (excludes halogenated alkanes) is 1. The summed E-state index contributed by atoms with van der Waals surface area (Å²) in [5, 5.41) is 31.0. The molecule has 0 atom stereocenters. The summed E-state index contributed by atoms with van der Waals surface area (Å²) in [6.07, 6.45) is 0.763. The number of alkyl carbamates (subject to hydrolysis) is 1. The Morgan fingerprint density at radius 3 is 2.42 bits per heavy atom. The number of amides is 1. The third-order valence-corrected chi connectivity index (χ3v) is 4.75. The number of nitrogens with zero attached hydrogens (tertiary/aromatic N) is 3. The van der Waals surface area contributed by atoms with Crippen LogP contribution in [0.2, 0.25) is 0 Å². The fourth-order valence-corrected chi connectivity index (χ4v) is 2.98. The highest BCUT2D eigenvalue weighted by atomic mass is 16.6.